The maximum absolute atomic E-state index is 12.6. The molecule has 0 aliphatic rings. The van der Waals surface area contributed by atoms with Crippen LogP contribution in [0.4, 0.5) is 0 Å². The lowest BCUT2D eigenvalue weighted by Crippen LogP contribution is -2.33. The Labute approximate surface area is 157 Å². The lowest BCUT2D eigenvalue weighted by atomic mass is 10.0. The van der Waals surface area contributed by atoms with Gasteiger partial charge in [0.15, 0.2) is 0 Å². The number of aromatic amines is 1. The fraction of sp³-hybridized carbons (Fsp3) is 0.238. The highest BCUT2D eigenvalue weighted by Crippen LogP contribution is 2.20. The molecule has 3 rings (SSSR count). The number of halogens is 1. The number of amides is 1. The van der Waals surface area contributed by atoms with Crippen molar-refractivity contribution < 1.29 is 4.79 Å². The molecule has 2 aromatic carbocycles. The van der Waals surface area contributed by atoms with E-state index < -0.39 is 0 Å². The van der Waals surface area contributed by atoms with Gasteiger partial charge in [0.1, 0.15) is 5.88 Å². The van der Waals surface area contributed by atoms with E-state index in [1.165, 1.54) is 0 Å². The first kappa shape index (κ1) is 18.2. The molecule has 3 aromatic rings. The molecule has 0 fully saturated rings. The van der Waals surface area contributed by atoms with Crippen LogP contribution < -0.4 is 5.56 Å². The van der Waals surface area contributed by atoms with Gasteiger partial charge >= 0.3 is 0 Å². The molecular weight excluding hydrogens is 348 g/mol. The quantitative estimate of drug-likeness (QED) is 0.694. The number of aromatic nitrogens is 1. The number of alkyl halides is 1. The Morgan fingerprint density at radius 3 is 2.42 bits per heavy atom. The predicted molar refractivity (Wildman–Crippen MR) is 105 cm³/mol. The second-order valence-electron chi connectivity index (χ2n) is 6.48. The number of carbonyl (C=O) groups is 1. The first-order valence-electron chi connectivity index (χ1n) is 8.49. The Balaban J connectivity index is 1.98. The number of hydrogen-bond donors (Lipinski definition) is 1. The van der Waals surface area contributed by atoms with Crippen molar-refractivity contribution in [3.63, 3.8) is 0 Å². The maximum atomic E-state index is 12.6. The van der Waals surface area contributed by atoms with E-state index in [1.54, 1.807) is 4.90 Å². The minimum atomic E-state index is -0.198. The van der Waals surface area contributed by atoms with Gasteiger partial charge in [0.2, 0.25) is 5.91 Å². The van der Waals surface area contributed by atoms with E-state index in [4.69, 9.17) is 11.6 Å². The van der Waals surface area contributed by atoms with Gasteiger partial charge in [0, 0.05) is 17.5 Å². The first-order valence-corrected chi connectivity index (χ1v) is 9.03. The molecule has 1 heterocycles. The van der Waals surface area contributed by atoms with Gasteiger partial charge in [0.05, 0.1) is 12.1 Å². The standard InChI is InChI=1S/C21H21ClN2O2/c1-14-8-9-15(2)20-18(14)10-17(21(26)23-20)13-24(19(25)11-22)12-16-6-4-3-5-7-16/h3-10H,11-13H2,1-2H3,(H,23,26). The first-order chi connectivity index (χ1) is 12.5. The molecule has 4 nitrogen and oxygen atoms in total. The Morgan fingerprint density at radius 2 is 1.73 bits per heavy atom. The van der Waals surface area contributed by atoms with E-state index in [0.29, 0.717) is 12.1 Å². The van der Waals surface area contributed by atoms with E-state index in [1.807, 2.05) is 62.4 Å². The SMILES string of the molecule is Cc1ccc(C)c2[nH]c(=O)c(CN(Cc3ccccc3)C(=O)CCl)cc12. The van der Waals surface area contributed by atoms with Gasteiger partial charge in [0.25, 0.3) is 5.56 Å². The highest BCUT2D eigenvalue weighted by atomic mass is 35.5. The average molecular weight is 369 g/mol. The Kier molecular flexibility index (Phi) is 5.43. The van der Waals surface area contributed by atoms with Crippen molar-refractivity contribution in [2.75, 3.05) is 5.88 Å². The van der Waals surface area contributed by atoms with Crippen LogP contribution in [-0.2, 0) is 17.9 Å². The maximum Gasteiger partial charge on any atom is 0.253 e. The summed E-state index contributed by atoms with van der Waals surface area (Å²) in [6.45, 7) is 4.61. The molecule has 0 aliphatic heterocycles. The Hall–Kier alpha value is -2.59. The zero-order valence-electron chi connectivity index (χ0n) is 14.9. The molecule has 0 bridgehead atoms. The zero-order valence-corrected chi connectivity index (χ0v) is 15.6. The van der Waals surface area contributed by atoms with Crippen LogP contribution in [0.3, 0.4) is 0 Å². The number of hydrogen-bond acceptors (Lipinski definition) is 2. The van der Waals surface area contributed by atoms with E-state index in [0.717, 1.165) is 27.6 Å². The molecule has 0 saturated carbocycles. The van der Waals surface area contributed by atoms with Crippen LogP contribution in [0.15, 0.2) is 53.3 Å². The largest absolute Gasteiger partial charge is 0.333 e. The van der Waals surface area contributed by atoms with Crippen LogP contribution in [0, 0.1) is 13.8 Å². The summed E-state index contributed by atoms with van der Waals surface area (Å²) >= 11 is 5.78. The van der Waals surface area contributed by atoms with Crippen molar-refractivity contribution in [2.45, 2.75) is 26.9 Å². The molecule has 0 saturated heterocycles. The van der Waals surface area contributed by atoms with Crippen LogP contribution in [-0.4, -0.2) is 21.7 Å². The summed E-state index contributed by atoms with van der Waals surface area (Å²) in [5.41, 5.74) is 4.33. The highest BCUT2D eigenvalue weighted by molar-refractivity contribution is 6.27. The summed E-state index contributed by atoms with van der Waals surface area (Å²) in [6, 6.07) is 15.6. The number of rotatable bonds is 5. The Morgan fingerprint density at radius 1 is 1.04 bits per heavy atom. The van der Waals surface area contributed by atoms with Gasteiger partial charge in [-0.15, -0.1) is 11.6 Å². The number of carbonyl (C=O) groups excluding carboxylic acids is 1. The van der Waals surface area contributed by atoms with E-state index in [-0.39, 0.29) is 23.9 Å². The van der Waals surface area contributed by atoms with Gasteiger partial charge in [-0.3, -0.25) is 9.59 Å². The molecule has 0 spiro atoms. The van der Waals surface area contributed by atoms with Gasteiger partial charge in [-0.1, -0.05) is 42.5 Å². The molecule has 1 aromatic heterocycles. The van der Waals surface area contributed by atoms with Crippen molar-refractivity contribution in [2.24, 2.45) is 0 Å². The minimum Gasteiger partial charge on any atom is -0.333 e. The molecule has 134 valence electrons. The number of nitrogens with one attached hydrogen (secondary N) is 1. The van der Waals surface area contributed by atoms with Crippen molar-refractivity contribution in [1.29, 1.82) is 0 Å². The number of aryl methyl sites for hydroxylation is 2. The van der Waals surface area contributed by atoms with Crippen molar-refractivity contribution in [1.82, 2.24) is 9.88 Å². The van der Waals surface area contributed by atoms with Gasteiger partial charge in [-0.25, -0.2) is 0 Å². The summed E-state index contributed by atoms with van der Waals surface area (Å²) in [5, 5.41) is 0.998. The van der Waals surface area contributed by atoms with Crippen molar-refractivity contribution >= 4 is 28.4 Å². The summed E-state index contributed by atoms with van der Waals surface area (Å²) in [6.07, 6.45) is 0. The van der Waals surface area contributed by atoms with Crippen molar-refractivity contribution in [3.05, 3.63) is 81.1 Å². The second-order valence-corrected chi connectivity index (χ2v) is 6.75. The smallest absolute Gasteiger partial charge is 0.253 e. The Bertz CT molecular complexity index is 996. The number of benzene rings is 2. The van der Waals surface area contributed by atoms with Gasteiger partial charge in [-0.2, -0.15) is 0 Å². The minimum absolute atomic E-state index is 0.115. The summed E-state index contributed by atoms with van der Waals surface area (Å²) in [5.74, 6) is -0.313. The van der Waals surface area contributed by atoms with Gasteiger partial charge in [-0.05, 0) is 36.6 Å². The lowest BCUT2D eigenvalue weighted by Gasteiger charge is -2.22. The highest BCUT2D eigenvalue weighted by Gasteiger charge is 2.16. The number of pyridine rings is 1. The van der Waals surface area contributed by atoms with Crippen LogP contribution in [0.5, 0.6) is 0 Å². The predicted octanol–water partition coefficient (Wildman–Crippen LogP) is 3.91. The third kappa shape index (κ3) is 3.81. The molecule has 1 N–H and O–H groups in total. The molecule has 0 atom stereocenters. The number of nitrogens with zero attached hydrogens (tertiary/aromatic N) is 1. The topological polar surface area (TPSA) is 53.2 Å². The average Bonchev–Trinajstić information content (AvgIpc) is 2.65. The van der Waals surface area contributed by atoms with Crippen LogP contribution in [0.2, 0.25) is 0 Å². The third-order valence-corrected chi connectivity index (χ3v) is 4.79. The molecule has 1 amide bonds. The normalized spacial score (nSPS) is 10.9. The fourth-order valence-corrected chi connectivity index (χ4v) is 3.23. The number of H-pyrrole nitrogens is 1. The van der Waals surface area contributed by atoms with Gasteiger partial charge < -0.3 is 9.88 Å². The van der Waals surface area contributed by atoms with E-state index in [9.17, 15) is 9.59 Å². The monoisotopic (exact) mass is 368 g/mol. The molecule has 5 heteroatoms. The zero-order chi connectivity index (χ0) is 18.7. The molecule has 26 heavy (non-hydrogen) atoms. The summed E-state index contributed by atoms with van der Waals surface area (Å²) < 4.78 is 0. The molecule has 0 aliphatic carbocycles. The van der Waals surface area contributed by atoms with Crippen LogP contribution in [0.1, 0.15) is 22.3 Å². The summed E-state index contributed by atoms with van der Waals surface area (Å²) in [7, 11) is 0. The van der Waals surface area contributed by atoms with E-state index in [2.05, 4.69) is 4.98 Å². The van der Waals surface area contributed by atoms with Crippen molar-refractivity contribution in [3.8, 4) is 0 Å². The second kappa shape index (κ2) is 7.75. The van der Waals surface area contributed by atoms with Crippen LogP contribution in [0.25, 0.3) is 10.9 Å². The lowest BCUT2D eigenvalue weighted by molar-refractivity contribution is -0.129. The third-order valence-electron chi connectivity index (χ3n) is 4.57. The molecule has 0 radical (unpaired) electrons. The van der Waals surface area contributed by atoms with Crippen LogP contribution >= 0.6 is 11.6 Å². The number of fused-ring (bicyclic) bond motifs is 1. The molecule has 0 unspecified atom stereocenters. The summed E-state index contributed by atoms with van der Waals surface area (Å²) in [4.78, 5) is 29.4. The van der Waals surface area contributed by atoms with E-state index >= 15 is 0 Å². The molecular formula is C21H21ClN2O2. The fourth-order valence-electron chi connectivity index (χ4n) is 3.06.